The average molecular weight is 372 g/mol. The van der Waals surface area contributed by atoms with E-state index in [1.807, 2.05) is 60.7 Å². The summed E-state index contributed by atoms with van der Waals surface area (Å²) in [7, 11) is 0. The number of benzene rings is 2. The van der Waals surface area contributed by atoms with E-state index in [1.54, 1.807) is 0 Å². The van der Waals surface area contributed by atoms with Crippen LogP contribution in [0.25, 0.3) is 11.4 Å². The van der Waals surface area contributed by atoms with E-state index in [9.17, 15) is 4.79 Å². The van der Waals surface area contributed by atoms with Gasteiger partial charge < -0.3 is 10.2 Å². The average Bonchev–Trinajstić information content (AvgIpc) is 3.29. The molecule has 1 aliphatic heterocycles. The maximum absolute atomic E-state index is 13.0. The molecular weight excluding hydrogens is 348 g/mol. The Kier molecular flexibility index (Phi) is 5.33. The van der Waals surface area contributed by atoms with Gasteiger partial charge in [0.15, 0.2) is 5.82 Å². The highest BCUT2D eigenvalue weighted by molar-refractivity contribution is 6.04. The van der Waals surface area contributed by atoms with E-state index in [0.717, 1.165) is 55.0 Å². The molecule has 1 fully saturated rings. The zero-order valence-electron chi connectivity index (χ0n) is 16.1. The summed E-state index contributed by atoms with van der Waals surface area (Å²) in [5.41, 5.74) is 3.23. The number of nitrogens with one attached hydrogen (secondary N) is 1. The molecule has 0 aliphatic carbocycles. The molecule has 0 spiro atoms. The fourth-order valence-corrected chi connectivity index (χ4v) is 3.51. The molecule has 0 unspecified atom stereocenters. The molecule has 1 aliphatic rings. The first-order valence-electron chi connectivity index (χ1n) is 9.83. The lowest BCUT2D eigenvalue weighted by atomic mass is 10.1. The van der Waals surface area contributed by atoms with Crippen molar-refractivity contribution in [2.75, 3.05) is 23.3 Å². The van der Waals surface area contributed by atoms with Crippen LogP contribution in [-0.2, 0) is 6.42 Å². The molecule has 0 saturated carbocycles. The standard InChI is InChI=1S/C23H24N4O/c1-2-17-10-6-7-13-19(17)25-23(28)20-16-21(27-14-8-9-15-27)26-22(24-20)18-11-4-3-5-12-18/h3-7,10-13,16H,2,8-9,14-15H2,1H3,(H,25,28). The second-order valence-corrected chi connectivity index (χ2v) is 6.96. The normalized spacial score (nSPS) is 13.5. The Hall–Kier alpha value is -3.21. The monoisotopic (exact) mass is 372 g/mol. The number of para-hydroxylation sites is 1. The topological polar surface area (TPSA) is 58.1 Å². The summed E-state index contributed by atoms with van der Waals surface area (Å²) < 4.78 is 0. The predicted octanol–water partition coefficient (Wildman–Crippen LogP) is 4.56. The molecule has 142 valence electrons. The van der Waals surface area contributed by atoms with Crippen LogP contribution in [-0.4, -0.2) is 29.0 Å². The maximum atomic E-state index is 13.0. The number of anilines is 2. The molecule has 1 N–H and O–H groups in total. The fourth-order valence-electron chi connectivity index (χ4n) is 3.51. The van der Waals surface area contributed by atoms with Crippen LogP contribution in [0.2, 0.25) is 0 Å². The van der Waals surface area contributed by atoms with Crippen molar-refractivity contribution in [2.45, 2.75) is 26.2 Å². The Morgan fingerprint density at radius 3 is 2.46 bits per heavy atom. The molecule has 1 aromatic heterocycles. The van der Waals surface area contributed by atoms with Crippen LogP contribution in [0.1, 0.15) is 35.8 Å². The van der Waals surface area contributed by atoms with Crippen molar-refractivity contribution in [1.82, 2.24) is 9.97 Å². The van der Waals surface area contributed by atoms with Crippen molar-refractivity contribution in [3.63, 3.8) is 0 Å². The number of hydrogen-bond donors (Lipinski definition) is 1. The van der Waals surface area contributed by atoms with Gasteiger partial charge in [0.1, 0.15) is 11.5 Å². The van der Waals surface area contributed by atoms with Crippen molar-refractivity contribution in [1.29, 1.82) is 0 Å². The molecule has 2 heterocycles. The zero-order chi connectivity index (χ0) is 19.3. The van der Waals surface area contributed by atoms with Crippen LogP contribution in [0.5, 0.6) is 0 Å². The summed E-state index contributed by atoms with van der Waals surface area (Å²) in [6.45, 7) is 4.00. The second-order valence-electron chi connectivity index (χ2n) is 6.96. The first-order chi connectivity index (χ1) is 13.7. The number of carbonyl (C=O) groups is 1. The third-order valence-electron chi connectivity index (χ3n) is 5.05. The van der Waals surface area contributed by atoms with Crippen molar-refractivity contribution < 1.29 is 4.79 Å². The van der Waals surface area contributed by atoms with Gasteiger partial charge in [-0.3, -0.25) is 4.79 Å². The van der Waals surface area contributed by atoms with Gasteiger partial charge in [-0.15, -0.1) is 0 Å². The molecule has 0 bridgehead atoms. The van der Waals surface area contributed by atoms with Gasteiger partial charge >= 0.3 is 0 Å². The summed E-state index contributed by atoms with van der Waals surface area (Å²) in [5, 5.41) is 3.03. The minimum atomic E-state index is -0.207. The van der Waals surface area contributed by atoms with E-state index in [-0.39, 0.29) is 5.91 Å². The highest BCUT2D eigenvalue weighted by Crippen LogP contribution is 2.24. The van der Waals surface area contributed by atoms with Gasteiger partial charge in [-0.1, -0.05) is 55.5 Å². The third-order valence-corrected chi connectivity index (χ3v) is 5.05. The lowest BCUT2D eigenvalue weighted by molar-refractivity contribution is 0.102. The van der Waals surface area contributed by atoms with Gasteiger partial charge in [-0.25, -0.2) is 9.97 Å². The number of aryl methyl sites for hydroxylation is 1. The van der Waals surface area contributed by atoms with E-state index in [4.69, 9.17) is 4.98 Å². The molecular formula is C23H24N4O. The molecule has 0 radical (unpaired) electrons. The summed E-state index contributed by atoms with van der Waals surface area (Å²) in [4.78, 5) is 24.6. The van der Waals surface area contributed by atoms with Gasteiger partial charge in [0.2, 0.25) is 0 Å². The van der Waals surface area contributed by atoms with E-state index in [0.29, 0.717) is 11.5 Å². The number of amides is 1. The van der Waals surface area contributed by atoms with Crippen LogP contribution < -0.4 is 10.2 Å². The van der Waals surface area contributed by atoms with Crippen LogP contribution >= 0.6 is 0 Å². The van der Waals surface area contributed by atoms with Crippen molar-refractivity contribution in [2.24, 2.45) is 0 Å². The van der Waals surface area contributed by atoms with Crippen LogP contribution in [0.15, 0.2) is 60.7 Å². The van der Waals surface area contributed by atoms with E-state index in [2.05, 4.69) is 22.1 Å². The predicted molar refractivity (Wildman–Crippen MR) is 113 cm³/mol. The Labute approximate surface area is 165 Å². The second kappa shape index (κ2) is 8.21. The molecule has 5 nitrogen and oxygen atoms in total. The highest BCUT2D eigenvalue weighted by atomic mass is 16.1. The smallest absolute Gasteiger partial charge is 0.274 e. The SMILES string of the molecule is CCc1ccccc1NC(=O)c1cc(N2CCCC2)nc(-c2ccccc2)n1. The van der Waals surface area contributed by atoms with Crippen LogP contribution in [0, 0.1) is 0 Å². The van der Waals surface area contributed by atoms with Crippen molar-refractivity contribution in [3.8, 4) is 11.4 Å². The number of carbonyl (C=O) groups excluding carboxylic acids is 1. The van der Waals surface area contributed by atoms with Crippen molar-refractivity contribution in [3.05, 3.63) is 71.9 Å². The molecule has 4 rings (SSSR count). The number of rotatable bonds is 5. The Morgan fingerprint density at radius 1 is 1.00 bits per heavy atom. The Balaban J connectivity index is 1.70. The molecule has 28 heavy (non-hydrogen) atoms. The molecule has 3 aromatic rings. The Bertz CT molecular complexity index is 965. The van der Waals surface area contributed by atoms with Gasteiger partial charge in [0.25, 0.3) is 5.91 Å². The Morgan fingerprint density at radius 2 is 1.71 bits per heavy atom. The van der Waals surface area contributed by atoms with Gasteiger partial charge in [0.05, 0.1) is 0 Å². The highest BCUT2D eigenvalue weighted by Gasteiger charge is 2.19. The summed E-state index contributed by atoms with van der Waals surface area (Å²) in [6, 6.07) is 19.5. The molecule has 2 aromatic carbocycles. The van der Waals surface area contributed by atoms with Crippen molar-refractivity contribution >= 4 is 17.4 Å². The summed E-state index contributed by atoms with van der Waals surface area (Å²) >= 11 is 0. The third kappa shape index (κ3) is 3.88. The number of nitrogens with zero attached hydrogens (tertiary/aromatic N) is 3. The first kappa shape index (κ1) is 18.2. The summed E-state index contributed by atoms with van der Waals surface area (Å²) in [6.07, 6.45) is 3.15. The lowest BCUT2D eigenvalue weighted by Crippen LogP contribution is -2.22. The minimum Gasteiger partial charge on any atom is -0.356 e. The van der Waals surface area contributed by atoms with Crippen LogP contribution in [0.3, 0.4) is 0 Å². The molecule has 5 heteroatoms. The molecule has 0 atom stereocenters. The molecule has 1 amide bonds. The van der Waals surface area contributed by atoms with Crippen LogP contribution in [0.4, 0.5) is 11.5 Å². The lowest BCUT2D eigenvalue weighted by Gasteiger charge is -2.18. The van der Waals surface area contributed by atoms with E-state index in [1.165, 1.54) is 0 Å². The minimum absolute atomic E-state index is 0.207. The van der Waals surface area contributed by atoms with Gasteiger partial charge in [-0.2, -0.15) is 0 Å². The summed E-state index contributed by atoms with van der Waals surface area (Å²) in [5.74, 6) is 1.19. The number of aromatic nitrogens is 2. The zero-order valence-corrected chi connectivity index (χ0v) is 16.1. The maximum Gasteiger partial charge on any atom is 0.274 e. The van der Waals surface area contributed by atoms with E-state index < -0.39 is 0 Å². The van der Waals surface area contributed by atoms with Gasteiger partial charge in [-0.05, 0) is 30.9 Å². The van der Waals surface area contributed by atoms with Gasteiger partial charge in [0, 0.05) is 30.4 Å². The largest absolute Gasteiger partial charge is 0.356 e. The molecule has 1 saturated heterocycles. The number of hydrogen-bond acceptors (Lipinski definition) is 4. The fraction of sp³-hybridized carbons (Fsp3) is 0.261. The van der Waals surface area contributed by atoms with E-state index >= 15 is 0 Å². The quantitative estimate of drug-likeness (QED) is 0.713. The first-order valence-corrected chi connectivity index (χ1v) is 9.83.